The Labute approximate surface area is 306 Å². The van der Waals surface area contributed by atoms with Crippen LogP contribution in [0.4, 0.5) is 0 Å². The van der Waals surface area contributed by atoms with Gasteiger partial charge in [0.1, 0.15) is 12.0 Å². The molecule has 3 heterocycles. The molecule has 4 rings (SSSR count). The van der Waals surface area contributed by atoms with E-state index in [1.54, 1.807) is 52.1 Å². The van der Waals surface area contributed by atoms with Crippen LogP contribution in [0.3, 0.4) is 0 Å². The van der Waals surface area contributed by atoms with Gasteiger partial charge >= 0.3 is 11.9 Å². The number of likely N-dealkylation sites (tertiary alicyclic amines) is 1. The first-order chi connectivity index (χ1) is 24.0. The molecule has 0 unspecified atom stereocenters. The molecule has 0 radical (unpaired) electrons. The van der Waals surface area contributed by atoms with Gasteiger partial charge in [0.05, 0.1) is 29.4 Å². The van der Waals surface area contributed by atoms with E-state index in [0.717, 1.165) is 25.9 Å². The molecule has 0 aliphatic carbocycles. The number of piperidine rings is 1. The number of carbonyl (C=O) groups excluding carboxylic acids is 3. The van der Waals surface area contributed by atoms with Crippen molar-refractivity contribution in [1.82, 2.24) is 15.1 Å². The summed E-state index contributed by atoms with van der Waals surface area (Å²) < 4.78 is 31.9. The minimum atomic E-state index is -1.45. The molecule has 11 heteroatoms. The van der Waals surface area contributed by atoms with E-state index in [0.29, 0.717) is 36.9 Å². The Balaban J connectivity index is 1.67. The second-order valence-corrected chi connectivity index (χ2v) is 16.6. The third-order valence-corrected chi connectivity index (χ3v) is 11.6. The van der Waals surface area contributed by atoms with Gasteiger partial charge in [-0.3, -0.25) is 9.59 Å². The quantitative estimate of drug-likeness (QED) is 0.291. The Bertz CT molecular complexity index is 1300. The van der Waals surface area contributed by atoms with Crippen LogP contribution in [0.25, 0.3) is 0 Å². The summed E-state index contributed by atoms with van der Waals surface area (Å²) in [6.07, 6.45) is 0.285. The van der Waals surface area contributed by atoms with Crippen molar-refractivity contribution in [3.63, 3.8) is 0 Å². The summed E-state index contributed by atoms with van der Waals surface area (Å²) in [4.78, 5) is 46.2. The zero-order chi connectivity index (χ0) is 37.7. The summed E-state index contributed by atoms with van der Waals surface area (Å²) in [7, 11) is 5.52. The minimum absolute atomic E-state index is 0.0317. The highest BCUT2D eigenvalue weighted by molar-refractivity contribution is 6.04. The van der Waals surface area contributed by atoms with Crippen LogP contribution >= 0.6 is 0 Å². The molecule has 288 valence electrons. The smallest absolute Gasteiger partial charge is 0.338 e. The lowest BCUT2D eigenvalue weighted by atomic mass is 9.74. The SMILES string of the molecule is CO[C@]1(C)C[C@@H](C)CN[C@H](C2CCN(C(C)C)CC2)COC(=O)C(C)(C)C(=O)[C@H](C)[C@H]1O[C@@H]1O[C@H](C)C[C@H](N(C)C)[C@H]1OC(=O)c1ccccc1. The number of Topliss-reactive ketones (excluding diaryl/α,β-unsaturated/α-hetero) is 1. The highest BCUT2D eigenvalue weighted by Gasteiger charge is 2.52. The number of carbonyl (C=O) groups is 3. The maximum absolute atomic E-state index is 14.5. The second-order valence-electron chi connectivity index (χ2n) is 16.6. The van der Waals surface area contributed by atoms with E-state index in [-0.39, 0.29) is 36.5 Å². The number of cyclic esters (lactones) is 1. The minimum Gasteiger partial charge on any atom is -0.463 e. The van der Waals surface area contributed by atoms with E-state index in [9.17, 15) is 14.4 Å². The summed E-state index contributed by atoms with van der Waals surface area (Å²) >= 11 is 0. The predicted molar refractivity (Wildman–Crippen MR) is 196 cm³/mol. The van der Waals surface area contributed by atoms with E-state index < -0.39 is 47.4 Å². The van der Waals surface area contributed by atoms with E-state index >= 15 is 0 Å². The van der Waals surface area contributed by atoms with Crippen molar-refractivity contribution in [1.29, 1.82) is 0 Å². The first-order valence-corrected chi connectivity index (χ1v) is 19.0. The highest BCUT2D eigenvalue weighted by atomic mass is 16.7. The molecule has 0 amide bonds. The van der Waals surface area contributed by atoms with Gasteiger partial charge in [0.15, 0.2) is 18.2 Å². The van der Waals surface area contributed by atoms with Crippen molar-refractivity contribution >= 4 is 17.7 Å². The Morgan fingerprint density at radius 1 is 1.04 bits per heavy atom. The Morgan fingerprint density at radius 2 is 1.69 bits per heavy atom. The fourth-order valence-electron chi connectivity index (χ4n) is 8.25. The van der Waals surface area contributed by atoms with Gasteiger partial charge in [0.2, 0.25) is 0 Å². The fraction of sp³-hybridized carbons (Fsp3) is 0.775. The molecular formula is C40H65N3O8. The summed E-state index contributed by atoms with van der Waals surface area (Å²) in [5.74, 6) is -1.70. The van der Waals surface area contributed by atoms with Gasteiger partial charge in [-0.2, -0.15) is 0 Å². The van der Waals surface area contributed by atoms with Crippen molar-refractivity contribution in [2.75, 3.05) is 47.4 Å². The van der Waals surface area contributed by atoms with Crippen LogP contribution in [0, 0.1) is 23.2 Å². The average molecular weight is 716 g/mol. The normalized spacial score (nSPS) is 35.1. The number of nitrogens with zero attached hydrogens (tertiary/aromatic N) is 2. The van der Waals surface area contributed by atoms with Gasteiger partial charge in [-0.1, -0.05) is 32.0 Å². The number of hydrogen-bond acceptors (Lipinski definition) is 11. The Hall–Kier alpha value is -2.41. The van der Waals surface area contributed by atoms with E-state index in [1.807, 2.05) is 38.9 Å². The lowest BCUT2D eigenvalue weighted by molar-refractivity contribution is -0.295. The molecule has 0 bridgehead atoms. The number of hydrogen-bond donors (Lipinski definition) is 1. The van der Waals surface area contributed by atoms with Crippen LogP contribution in [0.1, 0.15) is 91.4 Å². The molecule has 3 aliphatic rings. The van der Waals surface area contributed by atoms with Crippen molar-refractivity contribution in [2.24, 2.45) is 23.2 Å². The molecule has 3 saturated heterocycles. The van der Waals surface area contributed by atoms with Crippen LogP contribution in [0.5, 0.6) is 0 Å². The lowest BCUT2D eigenvalue weighted by Crippen LogP contribution is -2.60. The maximum Gasteiger partial charge on any atom is 0.338 e. The molecule has 3 fully saturated rings. The highest BCUT2D eigenvalue weighted by Crippen LogP contribution is 2.39. The zero-order valence-corrected chi connectivity index (χ0v) is 33.0. The van der Waals surface area contributed by atoms with Gasteiger partial charge in [0.25, 0.3) is 0 Å². The van der Waals surface area contributed by atoms with Crippen LogP contribution in [0.15, 0.2) is 30.3 Å². The van der Waals surface area contributed by atoms with Gasteiger partial charge in [-0.05, 0) is 125 Å². The summed E-state index contributed by atoms with van der Waals surface area (Å²) in [6, 6.07) is 9.09. The summed E-state index contributed by atoms with van der Waals surface area (Å²) in [6.45, 7) is 18.5. The van der Waals surface area contributed by atoms with Crippen molar-refractivity contribution in [3.8, 4) is 0 Å². The number of benzene rings is 1. The van der Waals surface area contributed by atoms with Crippen LogP contribution < -0.4 is 5.32 Å². The molecule has 9 atom stereocenters. The maximum atomic E-state index is 14.5. The number of ether oxygens (including phenoxy) is 5. The molecule has 1 N–H and O–H groups in total. The molecular weight excluding hydrogens is 650 g/mol. The molecule has 0 spiro atoms. The monoisotopic (exact) mass is 715 g/mol. The second kappa shape index (κ2) is 17.6. The van der Waals surface area contributed by atoms with Crippen LogP contribution in [-0.2, 0) is 33.3 Å². The Kier molecular flexibility index (Phi) is 14.3. The van der Waals surface area contributed by atoms with E-state index in [1.165, 1.54) is 0 Å². The van der Waals surface area contributed by atoms with Gasteiger partial charge < -0.3 is 38.8 Å². The van der Waals surface area contributed by atoms with Gasteiger partial charge in [0, 0.05) is 25.1 Å². The first kappa shape index (κ1) is 41.3. The van der Waals surface area contributed by atoms with Gasteiger partial charge in [-0.25, -0.2) is 4.79 Å². The zero-order valence-electron chi connectivity index (χ0n) is 33.0. The molecule has 3 aliphatic heterocycles. The predicted octanol–water partition coefficient (Wildman–Crippen LogP) is 4.96. The van der Waals surface area contributed by atoms with E-state index in [2.05, 4.69) is 31.0 Å². The molecule has 1 aromatic rings. The molecule has 0 saturated carbocycles. The topological polar surface area (TPSA) is 116 Å². The molecule has 1 aromatic carbocycles. The first-order valence-electron chi connectivity index (χ1n) is 19.0. The molecule has 0 aromatic heterocycles. The van der Waals surface area contributed by atoms with E-state index in [4.69, 9.17) is 23.7 Å². The van der Waals surface area contributed by atoms with Crippen LogP contribution in [-0.4, -0.2) is 123 Å². The van der Waals surface area contributed by atoms with Crippen molar-refractivity contribution in [3.05, 3.63) is 35.9 Å². The lowest BCUT2D eigenvalue weighted by Gasteiger charge is -2.47. The standard InChI is InChI=1S/C40H65N3O8/c1-25(2)43-19-17-29(18-20-43)31-24-48-38(46)39(6,7)34(44)28(5)35(40(8,47-11)22-26(3)23-41-31)51-37-33(32(42(9)10)21-27(4)49-37)50-36(45)30-15-13-12-14-16-30/h12-16,25-29,31-33,35,37,41H,17-24H2,1-11H3/t26-,27-,28+,31+,32+,33-,35-,37+,40-/m1/s1. The number of rotatable bonds is 8. The third kappa shape index (κ3) is 9.97. The van der Waals surface area contributed by atoms with Crippen LogP contribution in [0.2, 0.25) is 0 Å². The largest absolute Gasteiger partial charge is 0.463 e. The number of ketones is 1. The Morgan fingerprint density at radius 3 is 2.27 bits per heavy atom. The number of methoxy groups -OCH3 is 1. The molecule has 51 heavy (non-hydrogen) atoms. The summed E-state index contributed by atoms with van der Waals surface area (Å²) in [5, 5.41) is 3.75. The average Bonchev–Trinajstić information content (AvgIpc) is 3.10. The third-order valence-electron chi connectivity index (χ3n) is 11.6. The fourth-order valence-corrected chi connectivity index (χ4v) is 8.25. The summed E-state index contributed by atoms with van der Waals surface area (Å²) in [5.41, 5.74) is -2.01. The number of nitrogens with one attached hydrogen (secondary N) is 1. The molecule has 11 nitrogen and oxygen atoms in total. The number of esters is 2. The number of likely N-dealkylation sites (N-methyl/N-ethyl adjacent to an activating group) is 1. The van der Waals surface area contributed by atoms with Gasteiger partial charge in [-0.15, -0.1) is 0 Å². The van der Waals surface area contributed by atoms with Crippen molar-refractivity contribution < 1.29 is 38.1 Å². The van der Waals surface area contributed by atoms with Crippen molar-refractivity contribution in [2.45, 2.75) is 129 Å².